The lowest BCUT2D eigenvalue weighted by Gasteiger charge is -2.22. The van der Waals surface area contributed by atoms with E-state index in [0.29, 0.717) is 25.2 Å². The monoisotopic (exact) mass is 323 g/mol. The zero-order chi connectivity index (χ0) is 17.5. The van der Waals surface area contributed by atoms with Crippen LogP contribution in [0.15, 0.2) is 24.3 Å². The molecule has 1 aromatic carbocycles. The Balaban J connectivity index is 2.35. The summed E-state index contributed by atoms with van der Waals surface area (Å²) in [6.45, 7) is 5.68. The van der Waals surface area contributed by atoms with Crippen molar-refractivity contribution in [3.8, 4) is 5.75 Å². The molecule has 1 rings (SSSR count). The molecule has 0 aliphatic rings. The molecule has 128 valence electrons. The molecule has 0 radical (unpaired) electrons. The van der Waals surface area contributed by atoms with Gasteiger partial charge in [-0.15, -0.1) is 0 Å². The van der Waals surface area contributed by atoms with E-state index in [1.165, 1.54) is 0 Å². The number of hydrogen-bond donors (Lipinski definition) is 2. The average molecular weight is 323 g/mol. The number of aryl methyl sites for hydroxylation is 1. The van der Waals surface area contributed by atoms with Crippen molar-refractivity contribution in [2.45, 2.75) is 51.7 Å². The van der Waals surface area contributed by atoms with E-state index in [1.807, 2.05) is 12.1 Å². The van der Waals surface area contributed by atoms with Crippen LogP contribution in [-0.4, -0.2) is 35.3 Å². The quantitative estimate of drug-likeness (QED) is 0.711. The second-order valence-electron chi connectivity index (χ2n) is 6.31. The molecule has 0 fully saturated rings. The maximum absolute atomic E-state index is 11.7. The van der Waals surface area contributed by atoms with Crippen LogP contribution in [0, 0.1) is 0 Å². The van der Waals surface area contributed by atoms with Crippen molar-refractivity contribution >= 4 is 11.9 Å². The summed E-state index contributed by atoms with van der Waals surface area (Å²) < 4.78 is 10.7. The molecule has 1 aromatic rings. The number of ether oxygens (including phenoxy) is 2. The average Bonchev–Trinajstić information content (AvgIpc) is 2.44. The van der Waals surface area contributed by atoms with Crippen molar-refractivity contribution in [2.75, 3.05) is 6.61 Å². The Morgan fingerprint density at radius 2 is 1.83 bits per heavy atom. The fraction of sp³-hybridized carbons (Fsp3) is 0.529. The van der Waals surface area contributed by atoms with Crippen molar-refractivity contribution in [3.63, 3.8) is 0 Å². The van der Waals surface area contributed by atoms with E-state index in [1.54, 1.807) is 32.9 Å². The first-order valence-electron chi connectivity index (χ1n) is 7.59. The maximum atomic E-state index is 11.7. The summed E-state index contributed by atoms with van der Waals surface area (Å²) in [6, 6.07) is 6.48. The predicted molar refractivity (Wildman–Crippen MR) is 86.3 cm³/mol. The number of carbonyl (C=O) groups excluding carboxylic acids is 1. The summed E-state index contributed by atoms with van der Waals surface area (Å²) >= 11 is 0. The lowest BCUT2D eigenvalue weighted by Crippen LogP contribution is -2.38. The van der Waals surface area contributed by atoms with E-state index in [4.69, 9.17) is 20.3 Å². The van der Waals surface area contributed by atoms with E-state index in [0.717, 1.165) is 5.56 Å². The van der Waals surface area contributed by atoms with Crippen LogP contribution in [0.1, 0.15) is 39.2 Å². The fourth-order valence-electron chi connectivity index (χ4n) is 1.80. The number of carboxylic acid groups (broad SMARTS) is 1. The molecule has 0 aliphatic heterocycles. The van der Waals surface area contributed by atoms with Crippen molar-refractivity contribution in [1.29, 1.82) is 0 Å². The van der Waals surface area contributed by atoms with Crippen LogP contribution >= 0.6 is 0 Å². The Labute approximate surface area is 136 Å². The van der Waals surface area contributed by atoms with E-state index in [9.17, 15) is 9.59 Å². The van der Waals surface area contributed by atoms with Gasteiger partial charge < -0.3 is 20.3 Å². The predicted octanol–water partition coefficient (Wildman–Crippen LogP) is 2.14. The molecule has 0 saturated heterocycles. The lowest BCUT2D eigenvalue weighted by atomic mass is 10.1. The Kier molecular flexibility index (Phi) is 7.03. The number of benzene rings is 1. The SMILES string of the molecule is CC(C)(C)OC(=O)C(N)CCOc1ccc(CCC(=O)O)cc1. The fourth-order valence-corrected chi connectivity index (χ4v) is 1.80. The number of rotatable bonds is 8. The third kappa shape index (κ3) is 8.21. The van der Waals surface area contributed by atoms with Gasteiger partial charge in [0.2, 0.25) is 0 Å². The number of nitrogens with two attached hydrogens (primary N) is 1. The summed E-state index contributed by atoms with van der Waals surface area (Å²) in [4.78, 5) is 22.2. The zero-order valence-corrected chi connectivity index (χ0v) is 13.9. The van der Waals surface area contributed by atoms with Crippen molar-refractivity contribution < 1.29 is 24.2 Å². The van der Waals surface area contributed by atoms with Gasteiger partial charge in [0.15, 0.2) is 0 Å². The number of hydrogen-bond acceptors (Lipinski definition) is 5. The second kappa shape index (κ2) is 8.53. The smallest absolute Gasteiger partial charge is 0.323 e. The summed E-state index contributed by atoms with van der Waals surface area (Å²) in [5, 5.41) is 8.64. The maximum Gasteiger partial charge on any atom is 0.323 e. The van der Waals surface area contributed by atoms with Crippen LogP contribution in [0.3, 0.4) is 0 Å². The Morgan fingerprint density at radius 1 is 1.22 bits per heavy atom. The van der Waals surface area contributed by atoms with Crippen molar-refractivity contribution in [1.82, 2.24) is 0 Å². The number of carboxylic acids is 1. The van der Waals surface area contributed by atoms with Gasteiger partial charge in [0.05, 0.1) is 6.61 Å². The summed E-state index contributed by atoms with van der Waals surface area (Å²) in [5.74, 6) is -0.605. The molecular weight excluding hydrogens is 298 g/mol. The van der Waals surface area contributed by atoms with Gasteiger partial charge in [-0.05, 0) is 44.9 Å². The Hall–Kier alpha value is -2.08. The van der Waals surface area contributed by atoms with Crippen LogP contribution in [-0.2, 0) is 20.7 Å². The molecule has 0 heterocycles. The van der Waals surface area contributed by atoms with Crippen LogP contribution in [0.4, 0.5) is 0 Å². The molecule has 23 heavy (non-hydrogen) atoms. The van der Waals surface area contributed by atoms with E-state index >= 15 is 0 Å². The van der Waals surface area contributed by atoms with Crippen LogP contribution < -0.4 is 10.5 Å². The molecule has 0 amide bonds. The lowest BCUT2D eigenvalue weighted by molar-refractivity contribution is -0.156. The van der Waals surface area contributed by atoms with E-state index < -0.39 is 23.6 Å². The highest BCUT2D eigenvalue weighted by Crippen LogP contribution is 2.14. The number of esters is 1. The summed E-state index contributed by atoms with van der Waals surface area (Å²) in [5.41, 5.74) is 6.15. The van der Waals surface area contributed by atoms with E-state index in [-0.39, 0.29) is 6.42 Å². The van der Waals surface area contributed by atoms with Gasteiger partial charge in [-0.1, -0.05) is 12.1 Å². The molecule has 0 aliphatic carbocycles. The molecule has 0 saturated carbocycles. The molecule has 0 aromatic heterocycles. The second-order valence-corrected chi connectivity index (χ2v) is 6.31. The highest BCUT2D eigenvalue weighted by Gasteiger charge is 2.21. The van der Waals surface area contributed by atoms with Gasteiger partial charge in [-0.3, -0.25) is 9.59 Å². The minimum Gasteiger partial charge on any atom is -0.494 e. The Morgan fingerprint density at radius 3 is 2.35 bits per heavy atom. The molecular formula is C17H25NO5. The molecule has 6 nitrogen and oxygen atoms in total. The summed E-state index contributed by atoms with van der Waals surface area (Å²) in [7, 11) is 0. The minimum absolute atomic E-state index is 0.102. The summed E-state index contributed by atoms with van der Waals surface area (Å²) in [6.07, 6.45) is 0.944. The largest absolute Gasteiger partial charge is 0.494 e. The molecule has 3 N–H and O–H groups in total. The van der Waals surface area contributed by atoms with Crippen molar-refractivity contribution in [2.24, 2.45) is 5.73 Å². The normalized spacial score (nSPS) is 12.5. The van der Waals surface area contributed by atoms with Crippen LogP contribution in [0.2, 0.25) is 0 Å². The Bertz CT molecular complexity index is 519. The van der Waals surface area contributed by atoms with E-state index in [2.05, 4.69) is 0 Å². The van der Waals surface area contributed by atoms with Gasteiger partial charge in [0.25, 0.3) is 0 Å². The zero-order valence-electron chi connectivity index (χ0n) is 13.9. The topological polar surface area (TPSA) is 98.9 Å². The minimum atomic E-state index is -0.818. The first kappa shape index (κ1) is 19.0. The molecule has 0 spiro atoms. The third-order valence-corrected chi connectivity index (χ3v) is 2.96. The van der Waals surface area contributed by atoms with Crippen LogP contribution in [0.25, 0.3) is 0 Å². The van der Waals surface area contributed by atoms with Gasteiger partial charge in [-0.2, -0.15) is 0 Å². The first-order valence-corrected chi connectivity index (χ1v) is 7.59. The first-order chi connectivity index (χ1) is 10.7. The number of carbonyl (C=O) groups is 2. The van der Waals surface area contributed by atoms with Crippen molar-refractivity contribution in [3.05, 3.63) is 29.8 Å². The van der Waals surface area contributed by atoms with Crippen LogP contribution in [0.5, 0.6) is 5.75 Å². The molecule has 0 bridgehead atoms. The molecule has 6 heteroatoms. The van der Waals surface area contributed by atoms with Gasteiger partial charge in [0, 0.05) is 12.8 Å². The van der Waals surface area contributed by atoms with Gasteiger partial charge in [-0.25, -0.2) is 0 Å². The number of aliphatic carboxylic acids is 1. The standard InChI is InChI=1S/C17H25NO5/c1-17(2,3)23-16(21)14(18)10-11-22-13-7-4-12(5-8-13)6-9-15(19)20/h4-5,7-8,14H,6,9-11,18H2,1-3H3,(H,19,20). The van der Waals surface area contributed by atoms with Gasteiger partial charge in [0.1, 0.15) is 17.4 Å². The van der Waals surface area contributed by atoms with Gasteiger partial charge >= 0.3 is 11.9 Å². The highest BCUT2D eigenvalue weighted by atomic mass is 16.6. The highest BCUT2D eigenvalue weighted by molar-refractivity contribution is 5.75. The molecule has 1 unspecified atom stereocenters. The third-order valence-electron chi connectivity index (χ3n) is 2.96. The molecule has 1 atom stereocenters.